The molecule has 0 aliphatic carbocycles. The molecule has 0 spiro atoms. The van der Waals surface area contributed by atoms with Crippen LogP contribution in [0.3, 0.4) is 0 Å². The standard InChI is InChI=1S/C13H18F2O2/c1-4-13(2,17-3)12(16)8-9-10(14)6-5-7-11(9)15/h5-7,12,16H,4,8H2,1-3H3. The van der Waals surface area contributed by atoms with Gasteiger partial charge in [-0.3, -0.25) is 0 Å². The first-order chi connectivity index (χ1) is 7.94. The van der Waals surface area contributed by atoms with Crippen LogP contribution >= 0.6 is 0 Å². The van der Waals surface area contributed by atoms with Gasteiger partial charge in [-0.1, -0.05) is 13.0 Å². The highest BCUT2D eigenvalue weighted by Gasteiger charge is 2.32. The van der Waals surface area contributed by atoms with E-state index >= 15 is 0 Å². The molecule has 0 aliphatic heterocycles. The van der Waals surface area contributed by atoms with Crippen molar-refractivity contribution in [2.45, 2.75) is 38.4 Å². The molecule has 1 aromatic carbocycles. The minimum Gasteiger partial charge on any atom is -0.390 e. The third kappa shape index (κ3) is 3.01. The van der Waals surface area contributed by atoms with Crippen LogP contribution in [-0.2, 0) is 11.2 Å². The van der Waals surface area contributed by atoms with Gasteiger partial charge in [0.25, 0.3) is 0 Å². The minimum atomic E-state index is -0.955. The summed E-state index contributed by atoms with van der Waals surface area (Å²) in [6, 6.07) is 3.67. The van der Waals surface area contributed by atoms with Gasteiger partial charge in [-0.2, -0.15) is 0 Å². The van der Waals surface area contributed by atoms with Gasteiger partial charge in [0, 0.05) is 19.1 Å². The quantitative estimate of drug-likeness (QED) is 0.863. The molecule has 1 aromatic rings. The summed E-state index contributed by atoms with van der Waals surface area (Å²) in [6.45, 7) is 3.57. The van der Waals surface area contributed by atoms with E-state index in [2.05, 4.69) is 0 Å². The Bertz CT molecular complexity index is 355. The van der Waals surface area contributed by atoms with Crippen LogP contribution in [0.4, 0.5) is 8.78 Å². The molecule has 0 amide bonds. The predicted octanol–water partition coefficient (Wildman–Crippen LogP) is 2.68. The van der Waals surface area contributed by atoms with Crippen molar-refractivity contribution in [3.63, 3.8) is 0 Å². The van der Waals surface area contributed by atoms with Crippen LogP contribution < -0.4 is 0 Å². The average molecular weight is 244 g/mol. The Hall–Kier alpha value is -1.00. The third-order valence-corrected chi connectivity index (χ3v) is 3.33. The maximum Gasteiger partial charge on any atom is 0.129 e. The molecule has 2 atom stereocenters. The molecule has 2 unspecified atom stereocenters. The number of aliphatic hydroxyl groups excluding tert-OH is 1. The number of methoxy groups -OCH3 is 1. The van der Waals surface area contributed by atoms with Gasteiger partial charge in [0.05, 0.1) is 11.7 Å². The van der Waals surface area contributed by atoms with Crippen LogP contribution in [0.2, 0.25) is 0 Å². The van der Waals surface area contributed by atoms with Crippen molar-refractivity contribution in [2.75, 3.05) is 7.11 Å². The lowest BCUT2D eigenvalue weighted by atomic mass is 9.90. The monoisotopic (exact) mass is 244 g/mol. The van der Waals surface area contributed by atoms with Crippen molar-refractivity contribution in [2.24, 2.45) is 0 Å². The van der Waals surface area contributed by atoms with Gasteiger partial charge in [-0.05, 0) is 25.5 Å². The van der Waals surface area contributed by atoms with E-state index in [4.69, 9.17) is 4.74 Å². The smallest absolute Gasteiger partial charge is 0.129 e. The SMILES string of the molecule is CCC(C)(OC)C(O)Cc1c(F)cccc1F. The molecule has 0 heterocycles. The van der Waals surface area contributed by atoms with E-state index < -0.39 is 23.3 Å². The zero-order valence-electron chi connectivity index (χ0n) is 10.3. The van der Waals surface area contributed by atoms with Crippen molar-refractivity contribution in [1.29, 1.82) is 0 Å². The molecule has 0 saturated heterocycles. The minimum absolute atomic E-state index is 0.100. The van der Waals surface area contributed by atoms with E-state index in [-0.39, 0.29) is 12.0 Å². The summed E-state index contributed by atoms with van der Waals surface area (Å²) in [5.41, 5.74) is -0.897. The van der Waals surface area contributed by atoms with E-state index in [0.717, 1.165) is 0 Å². The van der Waals surface area contributed by atoms with Crippen LogP contribution in [-0.4, -0.2) is 23.9 Å². The molecule has 0 saturated carbocycles. The topological polar surface area (TPSA) is 29.5 Å². The predicted molar refractivity (Wildman–Crippen MR) is 61.8 cm³/mol. The summed E-state index contributed by atoms with van der Waals surface area (Å²) in [5, 5.41) is 10.0. The average Bonchev–Trinajstić information content (AvgIpc) is 2.32. The Morgan fingerprint density at radius 1 is 1.35 bits per heavy atom. The van der Waals surface area contributed by atoms with Gasteiger partial charge >= 0.3 is 0 Å². The van der Waals surface area contributed by atoms with Gasteiger partial charge in [0.2, 0.25) is 0 Å². The Morgan fingerprint density at radius 2 is 1.88 bits per heavy atom. The molecule has 4 heteroatoms. The van der Waals surface area contributed by atoms with Crippen LogP contribution in [0, 0.1) is 11.6 Å². The van der Waals surface area contributed by atoms with E-state index in [0.29, 0.717) is 6.42 Å². The van der Waals surface area contributed by atoms with E-state index in [1.165, 1.54) is 25.3 Å². The molecule has 1 N–H and O–H groups in total. The molecule has 0 aliphatic rings. The molecule has 0 aromatic heterocycles. The maximum atomic E-state index is 13.4. The number of rotatable bonds is 5. The molecule has 0 bridgehead atoms. The van der Waals surface area contributed by atoms with Crippen molar-refractivity contribution < 1.29 is 18.6 Å². The molecular weight excluding hydrogens is 226 g/mol. The highest BCUT2D eigenvalue weighted by Crippen LogP contribution is 2.24. The zero-order chi connectivity index (χ0) is 13.1. The molecule has 1 rings (SSSR count). The lowest BCUT2D eigenvalue weighted by Crippen LogP contribution is -2.42. The zero-order valence-corrected chi connectivity index (χ0v) is 10.3. The molecular formula is C13H18F2O2. The normalized spacial score (nSPS) is 16.6. The Balaban J connectivity index is 2.91. The lowest BCUT2D eigenvalue weighted by Gasteiger charge is -2.32. The molecule has 17 heavy (non-hydrogen) atoms. The van der Waals surface area contributed by atoms with Gasteiger partial charge in [-0.25, -0.2) is 8.78 Å². The van der Waals surface area contributed by atoms with Crippen LogP contribution in [0.1, 0.15) is 25.8 Å². The van der Waals surface area contributed by atoms with Crippen LogP contribution in [0.5, 0.6) is 0 Å². The molecule has 0 radical (unpaired) electrons. The van der Waals surface area contributed by atoms with E-state index in [9.17, 15) is 13.9 Å². The first kappa shape index (κ1) is 14.1. The number of hydrogen-bond donors (Lipinski definition) is 1. The second kappa shape index (κ2) is 5.56. The number of hydrogen-bond acceptors (Lipinski definition) is 2. The number of benzene rings is 1. The second-order valence-electron chi connectivity index (χ2n) is 4.29. The lowest BCUT2D eigenvalue weighted by molar-refractivity contribution is -0.0919. The summed E-state index contributed by atoms with van der Waals surface area (Å²) in [7, 11) is 1.48. The fourth-order valence-electron chi connectivity index (χ4n) is 1.65. The number of ether oxygens (including phenoxy) is 1. The second-order valence-corrected chi connectivity index (χ2v) is 4.29. The highest BCUT2D eigenvalue weighted by molar-refractivity contribution is 5.21. The Labute approximate surface area is 100 Å². The Morgan fingerprint density at radius 3 is 2.29 bits per heavy atom. The third-order valence-electron chi connectivity index (χ3n) is 3.33. The largest absolute Gasteiger partial charge is 0.390 e. The van der Waals surface area contributed by atoms with Crippen molar-refractivity contribution in [1.82, 2.24) is 0 Å². The van der Waals surface area contributed by atoms with Crippen molar-refractivity contribution in [3.8, 4) is 0 Å². The van der Waals surface area contributed by atoms with E-state index in [1.54, 1.807) is 6.92 Å². The summed E-state index contributed by atoms with van der Waals surface area (Å²) in [5.74, 6) is -1.28. The molecule has 2 nitrogen and oxygen atoms in total. The van der Waals surface area contributed by atoms with Gasteiger partial charge in [0.1, 0.15) is 11.6 Å². The fraction of sp³-hybridized carbons (Fsp3) is 0.538. The molecule has 0 fully saturated rings. The number of halogens is 2. The van der Waals surface area contributed by atoms with Crippen LogP contribution in [0.25, 0.3) is 0 Å². The summed E-state index contributed by atoms with van der Waals surface area (Å²) in [6.07, 6.45) is -0.499. The Kier molecular flexibility index (Phi) is 4.60. The summed E-state index contributed by atoms with van der Waals surface area (Å²) in [4.78, 5) is 0. The van der Waals surface area contributed by atoms with E-state index in [1.807, 2.05) is 6.92 Å². The summed E-state index contributed by atoms with van der Waals surface area (Å²) < 4.78 is 32.0. The maximum absolute atomic E-state index is 13.4. The van der Waals surface area contributed by atoms with Crippen molar-refractivity contribution in [3.05, 3.63) is 35.4 Å². The number of aliphatic hydroxyl groups is 1. The molecule has 96 valence electrons. The highest BCUT2D eigenvalue weighted by atomic mass is 19.1. The fourth-order valence-corrected chi connectivity index (χ4v) is 1.65. The van der Waals surface area contributed by atoms with Gasteiger partial charge < -0.3 is 9.84 Å². The van der Waals surface area contributed by atoms with Gasteiger partial charge in [-0.15, -0.1) is 0 Å². The van der Waals surface area contributed by atoms with Gasteiger partial charge in [0.15, 0.2) is 0 Å². The van der Waals surface area contributed by atoms with Crippen molar-refractivity contribution >= 4 is 0 Å². The first-order valence-corrected chi connectivity index (χ1v) is 5.60. The van der Waals surface area contributed by atoms with Crippen LogP contribution in [0.15, 0.2) is 18.2 Å². The summed E-state index contributed by atoms with van der Waals surface area (Å²) >= 11 is 0. The first-order valence-electron chi connectivity index (χ1n) is 5.60.